The maximum absolute atomic E-state index is 3.60. The van der Waals surface area contributed by atoms with Gasteiger partial charge < -0.3 is 5.32 Å². The standard InChI is InChI=1S/C16H27N/c1-4-5-6-7-8-13-17-15(3)16-11-9-14(2)10-12-16/h9-12,15,17H,4-8,13H2,1-3H3/t15-/m0/s1. The molecule has 0 heterocycles. The first kappa shape index (κ1) is 14.2. The minimum atomic E-state index is 0.474. The molecule has 1 aromatic rings. The smallest absolute Gasteiger partial charge is 0.0291 e. The van der Waals surface area contributed by atoms with Crippen LogP contribution in [0, 0.1) is 6.92 Å². The van der Waals surface area contributed by atoms with Crippen molar-refractivity contribution in [2.45, 2.75) is 58.9 Å². The number of hydrogen-bond acceptors (Lipinski definition) is 1. The quantitative estimate of drug-likeness (QED) is 0.646. The highest BCUT2D eigenvalue weighted by Gasteiger charge is 2.03. The third kappa shape index (κ3) is 5.88. The molecule has 0 aromatic heterocycles. The maximum atomic E-state index is 3.60. The van der Waals surface area contributed by atoms with Crippen molar-refractivity contribution in [2.24, 2.45) is 0 Å². The van der Waals surface area contributed by atoms with Crippen molar-refractivity contribution in [2.75, 3.05) is 6.54 Å². The normalized spacial score (nSPS) is 12.6. The van der Waals surface area contributed by atoms with Crippen LogP contribution in [-0.2, 0) is 0 Å². The van der Waals surface area contributed by atoms with Crippen molar-refractivity contribution in [1.29, 1.82) is 0 Å². The van der Waals surface area contributed by atoms with E-state index in [0.717, 1.165) is 6.54 Å². The van der Waals surface area contributed by atoms with Gasteiger partial charge >= 0.3 is 0 Å². The zero-order chi connectivity index (χ0) is 12.5. The number of nitrogens with one attached hydrogen (secondary N) is 1. The van der Waals surface area contributed by atoms with Crippen LogP contribution in [0.1, 0.15) is 63.1 Å². The second-order valence-corrected chi connectivity index (χ2v) is 5.00. The van der Waals surface area contributed by atoms with Crippen LogP contribution in [0.3, 0.4) is 0 Å². The molecule has 1 atom stereocenters. The summed E-state index contributed by atoms with van der Waals surface area (Å²) < 4.78 is 0. The van der Waals surface area contributed by atoms with Gasteiger partial charge in [0.15, 0.2) is 0 Å². The first-order valence-electron chi connectivity index (χ1n) is 7.04. The Morgan fingerprint density at radius 2 is 1.65 bits per heavy atom. The van der Waals surface area contributed by atoms with Gasteiger partial charge in [-0.25, -0.2) is 0 Å². The Hall–Kier alpha value is -0.820. The molecule has 0 fully saturated rings. The van der Waals surface area contributed by atoms with Gasteiger partial charge in [0.25, 0.3) is 0 Å². The van der Waals surface area contributed by atoms with E-state index in [-0.39, 0.29) is 0 Å². The highest BCUT2D eigenvalue weighted by atomic mass is 14.9. The van der Waals surface area contributed by atoms with Gasteiger partial charge in [-0.15, -0.1) is 0 Å². The topological polar surface area (TPSA) is 12.0 Å². The first-order valence-corrected chi connectivity index (χ1v) is 7.04. The fraction of sp³-hybridized carbons (Fsp3) is 0.625. The molecule has 96 valence electrons. The van der Waals surface area contributed by atoms with Crippen LogP contribution < -0.4 is 5.32 Å². The second kappa shape index (κ2) is 8.30. The lowest BCUT2D eigenvalue weighted by Crippen LogP contribution is -2.19. The van der Waals surface area contributed by atoms with Gasteiger partial charge in [0.2, 0.25) is 0 Å². The molecular weight excluding hydrogens is 206 g/mol. The first-order chi connectivity index (χ1) is 8.24. The highest BCUT2D eigenvalue weighted by Crippen LogP contribution is 2.13. The summed E-state index contributed by atoms with van der Waals surface area (Å²) in [4.78, 5) is 0. The predicted molar refractivity (Wildman–Crippen MR) is 76.4 cm³/mol. The van der Waals surface area contributed by atoms with Crippen LogP contribution >= 0.6 is 0 Å². The van der Waals surface area contributed by atoms with E-state index in [4.69, 9.17) is 0 Å². The lowest BCUT2D eigenvalue weighted by atomic mass is 10.1. The summed E-state index contributed by atoms with van der Waals surface area (Å²) in [5.41, 5.74) is 2.73. The Morgan fingerprint density at radius 1 is 1.00 bits per heavy atom. The van der Waals surface area contributed by atoms with Crippen LogP contribution in [0.15, 0.2) is 24.3 Å². The van der Waals surface area contributed by atoms with Gasteiger partial charge in [0.1, 0.15) is 0 Å². The predicted octanol–water partition coefficient (Wildman–Crippen LogP) is 4.62. The fourth-order valence-electron chi connectivity index (χ4n) is 2.02. The van der Waals surface area contributed by atoms with Gasteiger partial charge in [0, 0.05) is 6.04 Å². The second-order valence-electron chi connectivity index (χ2n) is 5.00. The molecule has 0 aliphatic heterocycles. The van der Waals surface area contributed by atoms with E-state index in [1.807, 2.05) is 0 Å². The van der Waals surface area contributed by atoms with Crippen molar-refractivity contribution in [1.82, 2.24) is 5.32 Å². The molecule has 1 aromatic carbocycles. The van der Waals surface area contributed by atoms with Crippen LogP contribution in [0.4, 0.5) is 0 Å². The average molecular weight is 233 g/mol. The molecule has 0 saturated heterocycles. The third-order valence-electron chi connectivity index (χ3n) is 3.31. The molecule has 1 heteroatoms. The number of aryl methyl sites for hydroxylation is 1. The summed E-state index contributed by atoms with van der Waals surface area (Å²) in [7, 11) is 0. The Kier molecular flexibility index (Phi) is 6.95. The summed E-state index contributed by atoms with van der Waals surface area (Å²) in [6.45, 7) is 7.78. The fourth-order valence-corrected chi connectivity index (χ4v) is 2.02. The SMILES string of the molecule is CCCCCCCN[C@@H](C)c1ccc(C)cc1. The van der Waals surface area contributed by atoms with Crippen LogP contribution in [0.2, 0.25) is 0 Å². The van der Waals surface area contributed by atoms with Crippen molar-refractivity contribution >= 4 is 0 Å². The van der Waals surface area contributed by atoms with Crippen molar-refractivity contribution in [3.63, 3.8) is 0 Å². The van der Waals surface area contributed by atoms with E-state index in [0.29, 0.717) is 6.04 Å². The van der Waals surface area contributed by atoms with Gasteiger partial charge in [-0.3, -0.25) is 0 Å². The van der Waals surface area contributed by atoms with E-state index in [1.165, 1.54) is 43.2 Å². The van der Waals surface area contributed by atoms with Crippen molar-refractivity contribution < 1.29 is 0 Å². The minimum Gasteiger partial charge on any atom is -0.310 e. The molecule has 0 radical (unpaired) electrons. The molecule has 0 spiro atoms. The lowest BCUT2D eigenvalue weighted by Gasteiger charge is -2.14. The molecule has 0 amide bonds. The van der Waals surface area contributed by atoms with Crippen molar-refractivity contribution in [3.05, 3.63) is 35.4 Å². The van der Waals surface area contributed by atoms with Crippen molar-refractivity contribution in [3.8, 4) is 0 Å². The molecule has 17 heavy (non-hydrogen) atoms. The lowest BCUT2D eigenvalue weighted by molar-refractivity contribution is 0.531. The molecule has 1 N–H and O–H groups in total. The Labute approximate surface area is 107 Å². The molecule has 1 nitrogen and oxygen atoms in total. The average Bonchev–Trinajstić information content (AvgIpc) is 2.34. The van der Waals surface area contributed by atoms with E-state index in [1.54, 1.807) is 0 Å². The molecule has 0 aliphatic rings. The largest absolute Gasteiger partial charge is 0.310 e. The molecule has 0 aliphatic carbocycles. The third-order valence-corrected chi connectivity index (χ3v) is 3.31. The summed E-state index contributed by atoms with van der Waals surface area (Å²) in [5, 5.41) is 3.60. The van der Waals surface area contributed by atoms with Crippen LogP contribution in [0.25, 0.3) is 0 Å². The van der Waals surface area contributed by atoms with Crippen LogP contribution in [-0.4, -0.2) is 6.54 Å². The Morgan fingerprint density at radius 3 is 2.29 bits per heavy atom. The van der Waals surface area contributed by atoms with Crippen LogP contribution in [0.5, 0.6) is 0 Å². The Bertz CT molecular complexity index is 289. The molecule has 0 saturated carbocycles. The van der Waals surface area contributed by atoms with E-state index in [2.05, 4.69) is 50.4 Å². The number of rotatable bonds is 8. The zero-order valence-corrected chi connectivity index (χ0v) is 11.6. The number of benzene rings is 1. The summed E-state index contributed by atoms with van der Waals surface area (Å²) in [5.74, 6) is 0. The molecule has 0 bridgehead atoms. The number of hydrogen-bond donors (Lipinski definition) is 1. The van der Waals surface area contributed by atoms with Gasteiger partial charge in [-0.2, -0.15) is 0 Å². The van der Waals surface area contributed by atoms with E-state index >= 15 is 0 Å². The summed E-state index contributed by atoms with van der Waals surface area (Å²) >= 11 is 0. The van der Waals surface area contributed by atoms with E-state index < -0.39 is 0 Å². The maximum Gasteiger partial charge on any atom is 0.0291 e. The minimum absolute atomic E-state index is 0.474. The van der Waals surface area contributed by atoms with E-state index in [9.17, 15) is 0 Å². The Balaban J connectivity index is 2.16. The van der Waals surface area contributed by atoms with Gasteiger partial charge in [-0.05, 0) is 32.4 Å². The zero-order valence-electron chi connectivity index (χ0n) is 11.6. The molecule has 0 unspecified atom stereocenters. The molecule has 1 rings (SSSR count). The monoisotopic (exact) mass is 233 g/mol. The van der Waals surface area contributed by atoms with Gasteiger partial charge in [-0.1, -0.05) is 62.4 Å². The molecular formula is C16H27N. The highest BCUT2D eigenvalue weighted by molar-refractivity contribution is 5.23. The summed E-state index contributed by atoms with van der Waals surface area (Å²) in [6.07, 6.45) is 6.76. The summed E-state index contributed by atoms with van der Waals surface area (Å²) in [6, 6.07) is 9.30. The van der Waals surface area contributed by atoms with Gasteiger partial charge in [0.05, 0.1) is 0 Å². The number of unbranched alkanes of at least 4 members (excludes halogenated alkanes) is 4.